The van der Waals surface area contributed by atoms with Gasteiger partial charge in [0, 0.05) is 13.1 Å². The van der Waals surface area contributed by atoms with Crippen LogP contribution in [0, 0.1) is 11.6 Å². The number of amides is 1. The molecule has 4 nitrogen and oxygen atoms in total. The van der Waals surface area contributed by atoms with Crippen molar-refractivity contribution in [1.29, 1.82) is 0 Å². The van der Waals surface area contributed by atoms with Gasteiger partial charge in [-0.3, -0.25) is 4.79 Å². The molecule has 1 atom stereocenters. The van der Waals surface area contributed by atoms with Crippen LogP contribution in [0.15, 0.2) is 12.1 Å². The molecule has 104 valence electrons. The molecule has 0 aliphatic carbocycles. The number of nitrogens with one attached hydrogen (secondary N) is 1. The van der Waals surface area contributed by atoms with Gasteiger partial charge >= 0.3 is 0 Å². The number of carbonyl (C=O) groups is 1. The Morgan fingerprint density at radius 2 is 2.00 bits per heavy atom. The number of hydrogen-bond donors (Lipinski definition) is 2. The molecule has 1 unspecified atom stereocenters. The smallest absolute Gasteiger partial charge is 0.261 e. The predicted octanol–water partition coefficient (Wildman–Crippen LogP) is 1.47. The zero-order valence-corrected chi connectivity index (χ0v) is 10.4. The molecule has 0 spiro atoms. The zero-order chi connectivity index (χ0) is 13.8. The first-order valence-electron chi connectivity index (χ1n) is 6.24. The van der Waals surface area contributed by atoms with Crippen molar-refractivity contribution >= 4 is 5.91 Å². The lowest BCUT2D eigenvalue weighted by Crippen LogP contribution is -2.36. The molecule has 0 radical (unpaired) electrons. The largest absolute Gasteiger partial charge is 0.474 e. The normalized spacial score (nSPS) is 19.7. The van der Waals surface area contributed by atoms with E-state index < -0.39 is 23.5 Å². The fraction of sp³-hybridized carbons (Fsp3) is 0.462. The van der Waals surface area contributed by atoms with Gasteiger partial charge in [-0.15, -0.1) is 0 Å². The second-order valence-electron chi connectivity index (χ2n) is 4.49. The first kappa shape index (κ1) is 13.7. The van der Waals surface area contributed by atoms with Crippen LogP contribution in [0.25, 0.3) is 0 Å². The molecular formula is C13H16F2N2O2. The standard InChI is InChI=1S/C13H16F2N2O2/c14-9-5-8(7-16)6-10(15)12(9)19-11-3-1-2-4-17-13(11)18/h5-6,11H,1-4,7,16H2,(H,17,18). The van der Waals surface area contributed by atoms with Crippen LogP contribution in [0.4, 0.5) is 8.78 Å². The summed E-state index contributed by atoms with van der Waals surface area (Å²) in [6, 6.07) is 2.24. The molecule has 6 heteroatoms. The van der Waals surface area contributed by atoms with Gasteiger partial charge < -0.3 is 15.8 Å². The van der Waals surface area contributed by atoms with E-state index in [9.17, 15) is 13.6 Å². The molecule has 19 heavy (non-hydrogen) atoms. The number of rotatable bonds is 3. The van der Waals surface area contributed by atoms with E-state index in [1.165, 1.54) is 0 Å². The highest BCUT2D eigenvalue weighted by Crippen LogP contribution is 2.25. The Hall–Kier alpha value is -1.69. The Balaban J connectivity index is 2.20. The molecule has 3 N–H and O–H groups in total. The lowest BCUT2D eigenvalue weighted by atomic mass is 10.1. The van der Waals surface area contributed by atoms with Crippen molar-refractivity contribution in [3.05, 3.63) is 29.3 Å². The topological polar surface area (TPSA) is 64.3 Å². The van der Waals surface area contributed by atoms with Gasteiger partial charge in [-0.25, -0.2) is 8.78 Å². The van der Waals surface area contributed by atoms with Crippen molar-refractivity contribution in [2.24, 2.45) is 5.73 Å². The molecule has 1 fully saturated rings. The Morgan fingerprint density at radius 1 is 1.32 bits per heavy atom. The van der Waals surface area contributed by atoms with Crippen molar-refractivity contribution < 1.29 is 18.3 Å². The lowest BCUT2D eigenvalue weighted by molar-refractivity contribution is -0.127. The molecule has 0 aromatic heterocycles. The Kier molecular flexibility index (Phi) is 4.31. The second-order valence-corrected chi connectivity index (χ2v) is 4.49. The van der Waals surface area contributed by atoms with Gasteiger partial charge in [0.15, 0.2) is 23.5 Å². The van der Waals surface area contributed by atoms with Crippen LogP contribution in [0.2, 0.25) is 0 Å². The number of nitrogens with two attached hydrogens (primary N) is 1. The van der Waals surface area contributed by atoms with E-state index in [1.54, 1.807) is 0 Å². The van der Waals surface area contributed by atoms with Crippen molar-refractivity contribution in [3.63, 3.8) is 0 Å². The minimum Gasteiger partial charge on any atom is -0.474 e. The van der Waals surface area contributed by atoms with E-state index in [4.69, 9.17) is 10.5 Å². The third-order valence-corrected chi connectivity index (χ3v) is 3.04. The van der Waals surface area contributed by atoms with Gasteiger partial charge in [-0.05, 0) is 37.0 Å². The molecule has 0 saturated carbocycles. The number of halogens is 2. The summed E-state index contributed by atoms with van der Waals surface area (Å²) in [5.41, 5.74) is 5.67. The third kappa shape index (κ3) is 3.20. The highest BCUT2D eigenvalue weighted by Gasteiger charge is 2.25. The van der Waals surface area contributed by atoms with E-state index in [0.717, 1.165) is 25.0 Å². The average Bonchev–Trinajstić information content (AvgIpc) is 2.58. The summed E-state index contributed by atoms with van der Waals surface area (Å²) in [5.74, 6) is -2.52. The summed E-state index contributed by atoms with van der Waals surface area (Å²) < 4.78 is 32.7. The van der Waals surface area contributed by atoms with Crippen molar-refractivity contribution in [3.8, 4) is 5.75 Å². The van der Waals surface area contributed by atoms with E-state index in [-0.39, 0.29) is 12.5 Å². The SMILES string of the molecule is NCc1cc(F)c(OC2CCCCNC2=O)c(F)c1. The van der Waals surface area contributed by atoms with Gasteiger partial charge in [0.1, 0.15) is 0 Å². The lowest BCUT2D eigenvalue weighted by Gasteiger charge is -2.17. The fourth-order valence-electron chi connectivity index (χ4n) is 2.01. The Bertz CT molecular complexity index is 457. The van der Waals surface area contributed by atoms with Crippen molar-refractivity contribution in [2.45, 2.75) is 31.9 Å². The average molecular weight is 270 g/mol. The van der Waals surface area contributed by atoms with Gasteiger partial charge in [-0.2, -0.15) is 0 Å². The quantitative estimate of drug-likeness (QED) is 0.874. The van der Waals surface area contributed by atoms with Gasteiger partial charge in [0.2, 0.25) is 0 Å². The predicted molar refractivity (Wildman–Crippen MR) is 65.5 cm³/mol. The molecule has 1 aliphatic heterocycles. The molecule has 1 saturated heterocycles. The summed E-state index contributed by atoms with van der Waals surface area (Å²) in [7, 11) is 0. The summed E-state index contributed by atoms with van der Waals surface area (Å²) in [6.07, 6.45) is 1.20. The fourth-order valence-corrected chi connectivity index (χ4v) is 2.01. The summed E-state index contributed by atoms with van der Waals surface area (Å²) in [4.78, 5) is 11.7. The molecule has 1 aromatic rings. The minimum atomic E-state index is -0.852. The van der Waals surface area contributed by atoms with Crippen LogP contribution < -0.4 is 15.8 Å². The highest BCUT2D eigenvalue weighted by molar-refractivity contribution is 5.81. The van der Waals surface area contributed by atoms with E-state index >= 15 is 0 Å². The summed E-state index contributed by atoms with van der Waals surface area (Å²) >= 11 is 0. The molecule has 1 aliphatic rings. The monoisotopic (exact) mass is 270 g/mol. The van der Waals surface area contributed by atoms with Crippen LogP contribution in [-0.2, 0) is 11.3 Å². The number of hydrogen-bond acceptors (Lipinski definition) is 3. The Labute approximate surface area is 109 Å². The van der Waals surface area contributed by atoms with E-state index in [2.05, 4.69) is 5.32 Å². The first-order valence-corrected chi connectivity index (χ1v) is 6.24. The van der Waals surface area contributed by atoms with Crippen LogP contribution in [0.1, 0.15) is 24.8 Å². The number of benzene rings is 1. The number of ether oxygens (including phenoxy) is 1. The van der Waals surface area contributed by atoms with E-state index in [1.807, 2.05) is 0 Å². The van der Waals surface area contributed by atoms with Crippen LogP contribution in [-0.4, -0.2) is 18.6 Å². The van der Waals surface area contributed by atoms with Crippen LogP contribution >= 0.6 is 0 Å². The van der Waals surface area contributed by atoms with Gasteiger partial charge in [-0.1, -0.05) is 0 Å². The van der Waals surface area contributed by atoms with Crippen molar-refractivity contribution in [2.75, 3.05) is 6.54 Å². The highest BCUT2D eigenvalue weighted by atomic mass is 19.1. The summed E-state index contributed by atoms with van der Waals surface area (Å²) in [6.45, 7) is 0.605. The van der Waals surface area contributed by atoms with Gasteiger partial charge in [0.25, 0.3) is 5.91 Å². The maximum Gasteiger partial charge on any atom is 0.261 e. The maximum atomic E-state index is 13.7. The van der Waals surface area contributed by atoms with E-state index in [0.29, 0.717) is 18.5 Å². The zero-order valence-electron chi connectivity index (χ0n) is 10.4. The molecule has 0 bridgehead atoms. The third-order valence-electron chi connectivity index (χ3n) is 3.04. The summed E-state index contributed by atoms with van der Waals surface area (Å²) in [5, 5.41) is 2.65. The minimum absolute atomic E-state index is 0.0397. The number of carbonyl (C=O) groups excluding carboxylic acids is 1. The molecule has 1 amide bonds. The van der Waals surface area contributed by atoms with Gasteiger partial charge in [0.05, 0.1) is 0 Å². The molecular weight excluding hydrogens is 254 g/mol. The van der Waals surface area contributed by atoms with Crippen molar-refractivity contribution in [1.82, 2.24) is 5.32 Å². The Morgan fingerprint density at radius 3 is 2.63 bits per heavy atom. The first-order chi connectivity index (χ1) is 9.11. The maximum absolute atomic E-state index is 13.7. The van der Waals surface area contributed by atoms with Crippen LogP contribution in [0.3, 0.4) is 0 Å². The molecule has 1 heterocycles. The second kappa shape index (κ2) is 5.97. The molecule has 2 rings (SSSR count). The van der Waals surface area contributed by atoms with Crippen LogP contribution in [0.5, 0.6) is 5.75 Å². The molecule has 1 aromatic carbocycles.